The van der Waals surface area contributed by atoms with Crippen molar-refractivity contribution in [2.75, 3.05) is 13.2 Å². The third-order valence-electron chi connectivity index (χ3n) is 11.0. The Labute approximate surface area is 400 Å². The van der Waals surface area contributed by atoms with E-state index in [2.05, 4.69) is 118 Å². The summed E-state index contributed by atoms with van der Waals surface area (Å²) < 4.78 is 16.7. The van der Waals surface area contributed by atoms with Gasteiger partial charge in [0.25, 0.3) is 0 Å². The molecule has 0 spiro atoms. The Morgan fingerprint density at radius 3 is 0.985 bits per heavy atom. The third kappa shape index (κ3) is 51.2. The van der Waals surface area contributed by atoms with Crippen LogP contribution >= 0.6 is 0 Å². The Kier molecular flexibility index (Phi) is 50.0. The molecule has 0 unspecified atom stereocenters. The molecule has 65 heavy (non-hydrogen) atoms. The molecule has 0 N–H and O–H groups in total. The Bertz CT molecular complexity index is 1310. The number of unbranched alkanes of at least 4 members (excludes halogenated alkanes) is 20. The molecule has 0 heterocycles. The van der Waals surface area contributed by atoms with Gasteiger partial charge in [0.15, 0.2) is 6.10 Å². The van der Waals surface area contributed by atoms with E-state index < -0.39 is 6.10 Å². The average molecular weight is 903 g/mol. The number of carbonyl (C=O) groups excluding carboxylic acids is 3. The summed E-state index contributed by atoms with van der Waals surface area (Å²) in [6, 6.07) is 0. The number of esters is 3. The molecule has 0 aliphatic rings. The van der Waals surface area contributed by atoms with Gasteiger partial charge in [-0.15, -0.1) is 0 Å². The first-order chi connectivity index (χ1) is 32.0. The van der Waals surface area contributed by atoms with Gasteiger partial charge in [0.1, 0.15) is 13.2 Å². The van der Waals surface area contributed by atoms with E-state index in [1.165, 1.54) is 103 Å². The molecule has 0 aromatic rings. The van der Waals surface area contributed by atoms with Gasteiger partial charge in [-0.3, -0.25) is 14.4 Å². The molecule has 0 aliphatic heterocycles. The molecule has 0 fully saturated rings. The zero-order valence-corrected chi connectivity index (χ0v) is 42.2. The van der Waals surface area contributed by atoms with E-state index >= 15 is 0 Å². The summed E-state index contributed by atoms with van der Waals surface area (Å²) >= 11 is 0. The maximum absolute atomic E-state index is 12.8. The molecule has 0 bridgehead atoms. The van der Waals surface area contributed by atoms with E-state index in [1.807, 2.05) is 0 Å². The average Bonchev–Trinajstić information content (AvgIpc) is 3.30. The van der Waals surface area contributed by atoms with Crippen molar-refractivity contribution in [3.05, 3.63) is 97.2 Å². The van der Waals surface area contributed by atoms with Crippen LogP contribution in [0.3, 0.4) is 0 Å². The summed E-state index contributed by atoms with van der Waals surface area (Å²) in [6.07, 6.45) is 69.7. The molecule has 0 aliphatic carbocycles. The fourth-order valence-electron chi connectivity index (χ4n) is 6.96. The minimum Gasteiger partial charge on any atom is -0.462 e. The maximum Gasteiger partial charge on any atom is 0.306 e. The molecule has 6 nitrogen and oxygen atoms in total. The predicted octanol–water partition coefficient (Wildman–Crippen LogP) is 17.8. The second kappa shape index (κ2) is 52.9. The van der Waals surface area contributed by atoms with E-state index in [0.29, 0.717) is 25.7 Å². The lowest BCUT2D eigenvalue weighted by molar-refractivity contribution is -0.167. The second-order valence-electron chi connectivity index (χ2n) is 17.4. The molecule has 0 aromatic heterocycles. The number of rotatable bonds is 47. The van der Waals surface area contributed by atoms with Crippen molar-refractivity contribution in [1.82, 2.24) is 0 Å². The molecule has 6 heteroatoms. The van der Waals surface area contributed by atoms with Gasteiger partial charge in [0.2, 0.25) is 0 Å². The smallest absolute Gasteiger partial charge is 0.306 e. The Balaban J connectivity index is 4.56. The van der Waals surface area contributed by atoms with Gasteiger partial charge in [-0.1, -0.05) is 195 Å². The van der Waals surface area contributed by atoms with Crippen LogP contribution in [0.4, 0.5) is 0 Å². The zero-order chi connectivity index (χ0) is 47.2. The third-order valence-corrected chi connectivity index (χ3v) is 11.0. The number of hydrogen-bond acceptors (Lipinski definition) is 6. The number of carbonyl (C=O) groups is 3. The van der Waals surface area contributed by atoms with Crippen molar-refractivity contribution in [3.63, 3.8) is 0 Å². The van der Waals surface area contributed by atoms with Crippen LogP contribution in [0.2, 0.25) is 0 Å². The summed E-state index contributed by atoms with van der Waals surface area (Å²) in [5, 5.41) is 0. The van der Waals surface area contributed by atoms with Gasteiger partial charge >= 0.3 is 17.9 Å². The van der Waals surface area contributed by atoms with Crippen molar-refractivity contribution >= 4 is 17.9 Å². The highest BCUT2D eigenvalue weighted by Crippen LogP contribution is 2.12. The first kappa shape index (κ1) is 61.3. The lowest BCUT2D eigenvalue weighted by atomic mass is 10.1. The minimum absolute atomic E-state index is 0.116. The van der Waals surface area contributed by atoms with E-state index in [9.17, 15) is 14.4 Å². The minimum atomic E-state index is -0.825. The normalized spacial score (nSPS) is 12.8. The molecule has 0 saturated heterocycles. The van der Waals surface area contributed by atoms with Gasteiger partial charge in [0, 0.05) is 19.3 Å². The summed E-state index contributed by atoms with van der Waals surface area (Å²) in [5.74, 6) is -1.02. The van der Waals surface area contributed by atoms with Crippen LogP contribution in [0.1, 0.15) is 239 Å². The number of hydrogen-bond donors (Lipinski definition) is 0. The predicted molar refractivity (Wildman–Crippen MR) is 279 cm³/mol. The van der Waals surface area contributed by atoms with E-state index in [0.717, 1.165) is 83.5 Å². The standard InChI is InChI=1S/C59H98O6/c1-4-7-10-13-16-19-22-25-28-29-32-35-38-41-44-47-50-53-59(62)65-56(54-63-57(60)51-48-45-42-39-36-33-30-26-23-20-17-14-11-8-5-2)55-64-58(61)52-49-46-43-40-37-34-31-27-24-21-18-15-12-9-6-3/h16-17,19-20,25-28,30-32,35-36,39,41,44,56H,4-15,18,21-24,29,33-34,37-38,40,42-43,45-55H2,1-3H3/b19-16-,20-17-,28-25-,30-26-,31-27-,35-32-,39-36-,44-41-/t56-/m1/s1. The van der Waals surface area contributed by atoms with Crippen LogP contribution < -0.4 is 0 Å². The highest BCUT2D eigenvalue weighted by atomic mass is 16.6. The molecule has 0 amide bonds. The largest absolute Gasteiger partial charge is 0.462 e. The lowest BCUT2D eigenvalue weighted by Crippen LogP contribution is -2.30. The van der Waals surface area contributed by atoms with Gasteiger partial charge in [-0.2, -0.15) is 0 Å². The molecule has 370 valence electrons. The van der Waals surface area contributed by atoms with Crippen LogP contribution in [0, 0.1) is 0 Å². The molecule has 0 rings (SSSR count). The lowest BCUT2D eigenvalue weighted by Gasteiger charge is -2.18. The van der Waals surface area contributed by atoms with Crippen LogP contribution in [-0.4, -0.2) is 37.2 Å². The van der Waals surface area contributed by atoms with Crippen LogP contribution in [-0.2, 0) is 28.6 Å². The number of allylic oxidation sites excluding steroid dienone is 16. The second-order valence-corrected chi connectivity index (χ2v) is 17.4. The fraction of sp³-hybridized carbons (Fsp3) is 0.678. The summed E-state index contributed by atoms with van der Waals surface area (Å²) in [5.41, 5.74) is 0. The molecular formula is C59H98O6. The first-order valence-corrected chi connectivity index (χ1v) is 26.7. The maximum atomic E-state index is 12.8. The van der Waals surface area contributed by atoms with Crippen LogP contribution in [0.5, 0.6) is 0 Å². The molecule has 0 saturated carbocycles. The van der Waals surface area contributed by atoms with Crippen molar-refractivity contribution in [1.29, 1.82) is 0 Å². The highest BCUT2D eigenvalue weighted by Gasteiger charge is 2.19. The van der Waals surface area contributed by atoms with Crippen molar-refractivity contribution in [2.24, 2.45) is 0 Å². The summed E-state index contributed by atoms with van der Waals surface area (Å²) in [7, 11) is 0. The Morgan fingerprint density at radius 1 is 0.308 bits per heavy atom. The van der Waals surface area contributed by atoms with Crippen molar-refractivity contribution in [3.8, 4) is 0 Å². The molecule has 0 aromatic carbocycles. The zero-order valence-electron chi connectivity index (χ0n) is 42.2. The fourth-order valence-corrected chi connectivity index (χ4v) is 6.96. The number of ether oxygens (including phenoxy) is 3. The van der Waals surface area contributed by atoms with E-state index in [1.54, 1.807) is 0 Å². The van der Waals surface area contributed by atoms with Gasteiger partial charge < -0.3 is 14.2 Å². The SMILES string of the molecule is CCCCC/C=C\C/C=C\C/C=C\C/C=C\CCCC(=O)O[C@H](COC(=O)CCCC/C=C\C/C=C\C/C=C\CCCCC)COC(=O)CCCCCCC/C=C\CCCCCCCC. The molecular weight excluding hydrogens is 805 g/mol. The first-order valence-electron chi connectivity index (χ1n) is 26.7. The van der Waals surface area contributed by atoms with Crippen molar-refractivity contribution in [2.45, 2.75) is 245 Å². The van der Waals surface area contributed by atoms with Gasteiger partial charge in [0.05, 0.1) is 0 Å². The van der Waals surface area contributed by atoms with Gasteiger partial charge in [-0.25, -0.2) is 0 Å². The van der Waals surface area contributed by atoms with Crippen LogP contribution in [0.25, 0.3) is 0 Å². The van der Waals surface area contributed by atoms with Crippen molar-refractivity contribution < 1.29 is 28.6 Å². The van der Waals surface area contributed by atoms with Gasteiger partial charge in [-0.05, 0) is 122 Å². The van der Waals surface area contributed by atoms with E-state index in [-0.39, 0.29) is 37.5 Å². The summed E-state index contributed by atoms with van der Waals surface area (Å²) in [6.45, 7) is 6.48. The quantitative estimate of drug-likeness (QED) is 0.0262. The summed E-state index contributed by atoms with van der Waals surface area (Å²) in [4.78, 5) is 38.0. The molecule has 1 atom stereocenters. The Hall–Kier alpha value is -3.67. The Morgan fingerprint density at radius 2 is 0.569 bits per heavy atom. The highest BCUT2D eigenvalue weighted by molar-refractivity contribution is 5.71. The topological polar surface area (TPSA) is 78.9 Å². The van der Waals surface area contributed by atoms with E-state index in [4.69, 9.17) is 14.2 Å². The van der Waals surface area contributed by atoms with Crippen LogP contribution in [0.15, 0.2) is 97.2 Å². The monoisotopic (exact) mass is 903 g/mol. The molecule has 0 radical (unpaired) electrons.